The fourth-order valence-electron chi connectivity index (χ4n) is 3.55. The number of ether oxygens (including phenoxy) is 1. The molecule has 2 aliphatic rings. The zero-order valence-corrected chi connectivity index (χ0v) is 13.8. The lowest BCUT2D eigenvalue weighted by Crippen LogP contribution is -2.37. The van der Waals surface area contributed by atoms with Crippen LogP contribution in [0.1, 0.15) is 22.3 Å². The Morgan fingerprint density at radius 3 is 2.46 bits per heavy atom. The summed E-state index contributed by atoms with van der Waals surface area (Å²) in [7, 11) is 0. The summed E-state index contributed by atoms with van der Waals surface area (Å²) in [6.07, 6.45) is -3.68. The van der Waals surface area contributed by atoms with E-state index < -0.39 is 11.7 Å². The van der Waals surface area contributed by atoms with Crippen LogP contribution in [-0.4, -0.2) is 36.0 Å². The number of halogens is 3. The highest BCUT2D eigenvalue weighted by atomic mass is 19.4. The van der Waals surface area contributed by atoms with E-state index in [-0.39, 0.29) is 18.0 Å². The van der Waals surface area contributed by atoms with E-state index in [0.717, 1.165) is 12.1 Å². The third kappa shape index (κ3) is 2.92. The molecule has 0 aromatic heterocycles. The van der Waals surface area contributed by atoms with Crippen molar-refractivity contribution < 1.29 is 22.7 Å². The van der Waals surface area contributed by atoms with Gasteiger partial charge in [-0.15, -0.1) is 0 Å². The first kappa shape index (κ1) is 16.9. The fraction of sp³-hybridized carbons (Fsp3) is 0.316. The Hall–Kier alpha value is -2.54. The third-order valence-corrected chi connectivity index (χ3v) is 4.89. The Morgan fingerprint density at radius 1 is 1.08 bits per heavy atom. The van der Waals surface area contributed by atoms with Gasteiger partial charge in [0.2, 0.25) is 0 Å². The molecule has 4 rings (SSSR count). The Labute approximate surface area is 148 Å². The van der Waals surface area contributed by atoms with E-state index in [0.29, 0.717) is 42.0 Å². The summed E-state index contributed by atoms with van der Waals surface area (Å²) < 4.78 is 43.9. The van der Waals surface area contributed by atoms with Crippen LogP contribution >= 0.6 is 0 Å². The van der Waals surface area contributed by atoms with E-state index in [1.54, 1.807) is 23.1 Å². The van der Waals surface area contributed by atoms with E-state index in [1.165, 1.54) is 12.1 Å². The zero-order chi connectivity index (χ0) is 18.5. The lowest BCUT2D eigenvalue weighted by atomic mass is 10.0. The van der Waals surface area contributed by atoms with Crippen molar-refractivity contribution in [1.82, 2.24) is 4.90 Å². The minimum Gasteiger partial charge on any atom is -0.491 e. The van der Waals surface area contributed by atoms with E-state index >= 15 is 0 Å². The highest BCUT2D eigenvalue weighted by Gasteiger charge is 2.38. The molecule has 2 aromatic carbocycles. The molecule has 0 bridgehead atoms. The second kappa shape index (κ2) is 6.02. The smallest absolute Gasteiger partial charge is 0.416 e. The number of nitrogens with two attached hydrogens (primary N) is 1. The maximum Gasteiger partial charge on any atom is 0.416 e. The number of benzene rings is 2. The van der Waals surface area contributed by atoms with Gasteiger partial charge in [0.25, 0.3) is 5.91 Å². The van der Waals surface area contributed by atoms with Crippen molar-refractivity contribution in [2.45, 2.75) is 24.7 Å². The lowest BCUT2D eigenvalue weighted by Gasteiger charge is -2.20. The van der Waals surface area contributed by atoms with Crippen LogP contribution < -0.4 is 10.5 Å². The minimum absolute atomic E-state index is 0.0422. The summed E-state index contributed by atoms with van der Waals surface area (Å²) in [5, 5.41) is 0. The quantitative estimate of drug-likeness (QED) is 0.847. The molecule has 2 heterocycles. The molecule has 136 valence electrons. The summed E-state index contributed by atoms with van der Waals surface area (Å²) in [4.78, 5) is 14.6. The van der Waals surface area contributed by atoms with E-state index in [4.69, 9.17) is 10.5 Å². The predicted molar refractivity (Wildman–Crippen MR) is 89.8 cm³/mol. The van der Waals surface area contributed by atoms with Gasteiger partial charge in [-0.05, 0) is 41.8 Å². The molecule has 0 unspecified atom stereocenters. The molecule has 0 spiro atoms. The Bertz CT molecular complexity index is 849. The van der Waals surface area contributed by atoms with Gasteiger partial charge < -0.3 is 15.4 Å². The summed E-state index contributed by atoms with van der Waals surface area (Å²) in [6, 6.07) is 9.89. The minimum atomic E-state index is -4.38. The van der Waals surface area contributed by atoms with E-state index in [9.17, 15) is 18.0 Å². The number of fused-ring (bicyclic) bond motifs is 2. The Kier molecular flexibility index (Phi) is 3.91. The molecule has 4 nitrogen and oxygen atoms in total. The van der Waals surface area contributed by atoms with Crippen LogP contribution in [0.3, 0.4) is 0 Å². The normalized spacial score (nSPS) is 22.5. The van der Waals surface area contributed by atoms with Gasteiger partial charge in [0.15, 0.2) is 0 Å². The Balaban J connectivity index is 1.68. The van der Waals surface area contributed by atoms with Gasteiger partial charge in [-0.3, -0.25) is 4.79 Å². The highest BCUT2D eigenvalue weighted by molar-refractivity contribution is 5.99. The zero-order valence-electron chi connectivity index (χ0n) is 13.8. The summed E-state index contributed by atoms with van der Waals surface area (Å²) in [6.45, 7) is 0.878. The molecule has 2 N–H and O–H groups in total. The molecule has 0 saturated carbocycles. The molecule has 26 heavy (non-hydrogen) atoms. The number of carbonyl (C=O) groups is 1. The number of rotatable bonds is 1. The van der Waals surface area contributed by atoms with Crippen LogP contribution in [0.25, 0.3) is 11.1 Å². The van der Waals surface area contributed by atoms with Crippen molar-refractivity contribution in [3.63, 3.8) is 0 Å². The van der Waals surface area contributed by atoms with E-state index in [1.807, 2.05) is 0 Å². The van der Waals surface area contributed by atoms with Crippen LogP contribution in [0.2, 0.25) is 0 Å². The maximum absolute atomic E-state index is 12.9. The number of nitrogens with zero attached hydrogens (tertiary/aromatic N) is 1. The van der Waals surface area contributed by atoms with Crippen molar-refractivity contribution in [1.29, 1.82) is 0 Å². The molecule has 1 amide bonds. The average molecular weight is 362 g/mol. The molecule has 1 saturated heterocycles. The second-order valence-corrected chi connectivity index (χ2v) is 6.70. The number of amides is 1. The third-order valence-electron chi connectivity index (χ3n) is 4.89. The molecule has 0 radical (unpaired) electrons. The van der Waals surface area contributed by atoms with Gasteiger partial charge in [-0.25, -0.2) is 0 Å². The van der Waals surface area contributed by atoms with Crippen LogP contribution in [0, 0.1) is 0 Å². The van der Waals surface area contributed by atoms with Gasteiger partial charge >= 0.3 is 6.18 Å². The van der Waals surface area contributed by atoms with Crippen molar-refractivity contribution in [3.8, 4) is 16.9 Å². The highest BCUT2D eigenvalue weighted by Crippen LogP contribution is 2.34. The molecule has 2 aromatic rings. The predicted octanol–water partition coefficient (Wildman–Crippen LogP) is 3.31. The fourth-order valence-corrected chi connectivity index (χ4v) is 3.55. The molecule has 0 aliphatic carbocycles. The van der Waals surface area contributed by atoms with Gasteiger partial charge in [-0.2, -0.15) is 13.2 Å². The lowest BCUT2D eigenvalue weighted by molar-refractivity contribution is -0.137. The maximum atomic E-state index is 12.9. The summed E-state index contributed by atoms with van der Waals surface area (Å²) in [5.41, 5.74) is 6.94. The first-order chi connectivity index (χ1) is 12.3. The van der Waals surface area contributed by atoms with Crippen molar-refractivity contribution in [3.05, 3.63) is 53.6 Å². The number of hydrogen-bond acceptors (Lipinski definition) is 3. The molecule has 2 atom stereocenters. The van der Waals surface area contributed by atoms with Crippen LogP contribution in [0.4, 0.5) is 13.2 Å². The second-order valence-electron chi connectivity index (χ2n) is 6.70. The Morgan fingerprint density at radius 2 is 1.77 bits per heavy atom. The van der Waals surface area contributed by atoms with E-state index in [2.05, 4.69) is 0 Å². The monoisotopic (exact) mass is 362 g/mol. The van der Waals surface area contributed by atoms with Crippen LogP contribution in [-0.2, 0) is 6.18 Å². The summed E-state index contributed by atoms with van der Waals surface area (Å²) in [5.74, 6) is 0.345. The van der Waals surface area contributed by atoms with Gasteiger partial charge in [0, 0.05) is 12.6 Å². The molecule has 7 heteroatoms. The molecule has 2 aliphatic heterocycles. The number of alkyl halides is 3. The molecular formula is C19H17F3N2O2. The standard InChI is InChI=1S/C19H17F3N2O2/c20-19(21,22)13-4-1-11(2-5-13)12-3-6-17-16(7-12)18(25)24-9-14(23)8-15(24)10-26-17/h1-7,14-15H,8-10,23H2/t14-,15+/m1/s1. The van der Waals surface area contributed by atoms with Crippen molar-refractivity contribution in [2.24, 2.45) is 5.73 Å². The van der Waals surface area contributed by atoms with Crippen LogP contribution in [0.15, 0.2) is 42.5 Å². The first-order valence-electron chi connectivity index (χ1n) is 8.34. The first-order valence-corrected chi connectivity index (χ1v) is 8.34. The average Bonchev–Trinajstić information content (AvgIpc) is 2.94. The topological polar surface area (TPSA) is 55.6 Å². The van der Waals surface area contributed by atoms with Crippen LogP contribution in [0.5, 0.6) is 5.75 Å². The van der Waals surface area contributed by atoms with Crippen molar-refractivity contribution >= 4 is 5.91 Å². The number of hydrogen-bond donors (Lipinski definition) is 1. The SMILES string of the molecule is N[C@@H]1C[C@H]2COc3ccc(-c4ccc(C(F)(F)F)cc4)cc3C(=O)N2C1. The largest absolute Gasteiger partial charge is 0.491 e. The van der Waals surface area contributed by atoms with Gasteiger partial charge in [-0.1, -0.05) is 18.2 Å². The number of carbonyl (C=O) groups excluding carboxylic acids is 1. The molecule has 1 fully saturated rings. The van der Waals surface area contributed by atoms with Gasteiger partial charge in [0.05, 0.1) is 17.2 Å². The van der Waals surface area contributed by atoms with Crippen molar-refractivity contribution in [2.75, 3.05) is 13.2 Å². The van der Waals surface area contributed by atoms with Gasteiger partial charge in [0.1, 0.15) is 12.4 Å². The summed E-state index contributed by atoms with van der Waals surface area (Å²) >= 11 is 0. The molecular weight excluding hydrogens is 345 g/mol.